The van der Waals surface area contributed by atoms with Gasteiger partial charge in [0.05, 0.1) is 5.25 Å². The fourth-order valence-electron chi connectivity index (χ4n) is 1.65. The van der Waals surface area contributed by atoms with E-state index in [1.165, 1.54) is 12.8 Å². The highest BCUT2D eigenvalue weighted by atomic mass is 32.1. The first-order valence-corrected chi connectivity index (χ1v) is 6.43. The van der Waals surface area contributed by atoms with E-state index < -0.39 is 0 Å². The molecule has 15 heavy (non-hydrogen) atoms. The van der Waals surface area contributed by atoms with Crippen molar-refractivity contribution in [1.29, 1.82) is 0 Å². The Labute approximate surface area is 98.8 Å². The van der Waals surface area contributed by atoms with Crippen LogP contribution in [0.4, 0.5) is 0 Å². The molecule has 0 heterocycles. The largest absolute Gasteiger partial charge is 0.338 e. The van der Waals surface area contributed by atoms with Gasteiger partial charge in [-0.3, -0.25) is 4.79 Å². The van der Waals surface area contributed by atoms with Gasteiger partial charge in [0.2, 0.25) is 5.91 Å². The molecule has 1 rings (SSSR count). The maximum Gasteiger partial charge on any atom is 0.235 e. The summed E-state index contributed by atoms with van der Waals surface area (Å²) in [5.74, 6) is 1.08. The lowest BCUT2D eigenvalue weighted by atomic mass is 10.1. The Balaban J connectivity index is 2.58. The van der Waals surface area contributed by atoms with Gasteiger partial charge in [0.1, 0.15) is 0 Å². The Kier molecular flexibility index (Phi) is 4.50. The van der Waals surface area contributed by atoms with Crippen LogP contribution in [0.25, 0.3) is 0 Å². The molecule has 2 nitrogen and oxygen atoms in total. The summed E-state index contributed by atoms with van der Waals surface area (Å²) in [6.45, 7) is 9.30. The van der Waals surface area contributed by atoms with Gasteiger partial charge in [-0.1, -0.05) is 27.7 Å². The van der Waals surface area contributed by atoms with Gasteiger partial charge in [-0.15, -0.1) is 0 Å². The molecule has 0 radical (unpaired) electrons. The van der Waals surface area contributed by atoms with Crippen molar-refractivity contribution in [2.45, 2.75) is 51.8 Å². The summed E-state index contributed by atoms with van der Waals surface area (Å²) >= 11 is 4.41. The molecule has 0 spiro atoms. The number of carbonyl (C=O) groups is 1. The van der Waals surface area contributed by atoms with Gasteiger partial charge in [0.25, 0.3) is 0 Å². The number of hydrogen-bond acceptors (Lipinski definition) is 2. The summed E-state index contributed by atoms with van der Waals surface area (Å²) in [5, 5.41) is -0.135. The number of thiol groups is 1. The lowest BCUT2D eigenvalue weighted by Gasteiger charge is -2.28. The van der Waals surface area contributed by atoms with E-state index in [1.807, 2.05) is 4.90 Å². The Hall–Kier alpha value is -0.180. The topological polar surface area (TPSA) is 20.3 Å². The first-order valence-electron chi connectivity index (χ1n) is 5.92. The number of nitrogens with zero attached hydrogens (tertiary/aromatic N) is 1. The average Bonchev–Trinajstić information content (AvgIpc) is 2.94. The van der Waals surface area contributed by atoms with Crippen LogP contribution in [-0.4, -0.2) is 28.6 Å². The van der Waals surface area contributed by atoms with Crippen molar-refractivity contribution in [1.82, 2.24) is 4.90 Å². The van der Waals surface area contributed by atoms with E-state index in [1.54, 1.807) is 0 Å². The van der Waals surface area contributed by atoms with Crippen LogP contribution in [0.1, 0.15) is 40.5 Å². The van der Waals surface area contributed by atoms with Crippen molar-refractivity contribution in [3.8, 4) is 0 Å². The summed E-state index contributed by atoms with van der Waals surface area (Å²) in [6.07, 6.45) is 2.36. The first-order chi connectivity index (χ1) is 6.93. The maximum absolute atomic E-state index is 12.2. The fourth-order valence-corrected chi connectivity index (χ4v) is 1.80. The van der Waals surface area contributed by atoms with E-state index in [4.69, 9.17) is 0 Å². The minimum absolute atomic E-state index is 0.135. The van der Waals surface area contributed by atoms with Crippen LogP contribution >= 0.6 is 12.6 Å². The van der Waals surface area contributed by atoms with E-state index in [2.05, 4.69) is 40.3 Å². The third-order valence-corrected chi connectivity index (χ3v) is 3.53. The van der Waals surface area contributed by atoms with Gasteiger partial charge >= 0.3 is 0 Å². The molecular weight excluding hydrogens is 206 g/mol. The summed E-state index contributed by atoms with van der Waals surface area (Å²) in [6, 6.07) is 0.508. The SMILES string of the molecule is CC(C)CN(C(=O)C(S)C(C)C)C1CC1. The molecule has 3 heteroatoms. The van der Waals surface area contributed by atoms with E-state index in [-0.39, 0.29) is 11.2 Å². The van der Waals surface area contributed by atoms with Gasteiger partial charge in [-0.2, -0.15) is 12.6 Å². The Morgan fingerprint density at radius 2 is 1.87 bits per heavy atom. The normalized spacial score (nSPS) is 18.3. The third kappa shape index (κ3) is 3.71. The van der Waals surface area contributed by atoms with Crippen LogP contribution in [0.2, 0.25) is 0 Å². The van der Waals surface area contributed by atoms with Gasteiger partial charge in [0.15, 0.2) is 0 Å². The number of amides is 1. The molecule has 0 aromatic rings. The van der Waals surface area contributed by atoms with Gasteiger partial charge in [-0.25, -0.2) is 0 Å². The predicted molar refractivity (Wildman–Crippen MR) is 67.2 cm³/mol. The van der Waals surface area contributed by atoms with Crippen molar-refractivity contribution in [3.63, 3.8) is 0 Å². The summed E-state index contributed by atoms with van der Waals surface area (Å²) in [7, 11) is 0. The molecule has 1 unspecified atom stereocenters. The monoisotopic (exact) mass is 229 g/mol. The van der Waals surface area contributed by atoms with Crippen molar-refractivity contribution >= 4 is 18.5 Å². The second-order valence-electron chi connectivity index (χ2n) is 5.30. The molecule has 0 saturated heterocycles. The Morgan fingerprint density at radius 1 is 1.33 bits per heavy atom. The van der Waals surface area contributed by atoms with Gasteiger partial charge < -0.3 is 4.90 Å². The summed E-state index contributed by atoms with van der Waals surface area (Å²) < 4.78 is 0. The van der Waals surface area contributed by atoms with Gasteiger partial charge in [0, 0.05) is 12.6 Å². The number of carbonyl (C=O) groups excluding carboxylic acids is 1. The first kappa shape index (κ1) is 12.9. The molecule has 88 valence electrons. The van der Waals surface area contributed by atoms with Crippen molar-refractivity contribution in [3.05, 3.63) is 0 Å². The molecule has 0 aromatic heterocycles. The summed E-state index contributed by atoms with van der Waals surface area (Å²) in [4.78, 5) is 14.2. The molecule has 0 aliphatic heterocycles. The van der Waals surface area contributed by atoms with Crippen LogP contribution in [0.5, 0.6) is 0 Å². The zero-order valence-corrected chi connectivity index (χ0v) is 11.1. The molecule has 1 saturated carbocycles. The van der Waals surface area contributed by atoms with Crippen molar-refractivity contribution < 1.29 is 4.79 Å². The highest BCUT2D eigenvalue weighted by Gasteiger charge is 2.35. The Morgan fingerprint density at radius 3 is 2.20 bits per heavy atom. The predicted octanol–water partition coefficient (Wildman–Crippen LogP) is 2.59. The lowest BCUT2D eigenvalue weighted by molar-refractivity contribution is -0.132. The zero-order valence-electron chi connectivity index (χ0n) is 10.2. The maximum atomic E-state index is 12.2. The standard InChI is InChI=1S/C12H23NOS/c1-8(2)7-13(10-5-6-10)12(14)11(15)9(3)4/h8-11,15H,5-7H2,1-4H3. The lowest BCUT2D eigenvalue weighted by Crippen LogP contribution is -2.42. The molecule has 0 aromatic carbocycles. The van der Waals surface area contributed by atoms with Gasteiger partial charge in [-0.05, 0) is 24.7 Å². The quantitative estimate of drug-likeness (QED) is 0.719. The zero-order chi connectivity index (χ0) is 11.6. The molecule has 0 bridgehead atoms. The molecule has 0 N–H and O–H groups in total. The highest BCUT2D eigenvalue weighted by molar-refractivity contribution is 7.81. The van der Waals surface area contributed by atoms with Crippen LogP contribution in [0.3, 0.4) is 0 Å². The molecular formula is C12H23NOS. The van der Waals surface area contributed by atoms with Crippen LogP contribution < -0.4 is 0 Å². The molecule has 1 atom stereocenters. The molecule has 1 aliphatic rings. The average molecular weight is 229 g/mol. The number of hydrogen-bond donors (Lipinski definition) is 1. The minimum atomic E-state index is -0.135. The molecule has 1 amide bonds. The van der Waals surface area contributed by atoms with E-state index in [0.29, 0.717) is 17.9 Å². The minimum Gasteiger partial charge on any atom is -0.338 e. The fraction of sp³-hybridized carbons (Fsp3) is 0.917. The van der Waals surface area contributed by atoms with E-state index in [9.17, 15) is 4.79 Å². The van der Waals surface area contributed by atoms with Crippen LogP contribution in [-0.2, 0) is 4.79 Å². The second kappa shape index (κ2) is 5.24. The van der Waals surface area contributed by atoms with E-state index in [0.717, 1.165) is 6.54 Å². The second-order valence-corrected chi connectivity index (χ2v) is 5.86. The molecule has 1 fully saturated rings. The number of rotatable bonds is 5. The van der Waals surface area contributed by atoms with Crippen molar-refractivity contribution in [2.24, 2.45) is 11.8 Å². The molecule has 1 aliphatic carbocycles. The smallest absolute Gasteiger partial charge is 0.235 e. The van der Waals surface area contributed by atoms with E-state index >= 15 is 0 Å². The Bertz CT molecular complexity index is 224. The highest BCUT2D eigenvalue weighted by Crippen LogP contribution is 2.29. The summed E-state index contributed by atoms with van der Waals surface area (Å²) in [5.41, 5.74) is 0. The third-order valence-electron chi connectivity index (χ3n) is 2.72. The van der Waals surface area contributed by atoms with Crippen LogP contribution in [0, 0.1) is 11.8 Å². The van der Waals surface area contributed by atoms with Crippen LogP contribution in [0.15, 0.2) is 0 Å². The van der Waals surface area contributed by atoms with Crippen molar-refractivity contribution in [2.75, 3.05) is 6.54 Å².